The minimum absolute atomic E-state index is 0.250. The van der Waals surface area contributed by atoms with E-state index in [0.717, 1.165) is 75.7 Å². The van der Waals surface area contributed by atoms with Crippen LogP contribution in [0.15, 0.2) is 42.7 Å². The first-order chi connectivity index (χ1) is 18.0. The Labute approximate surface area is 216 Å². The Hall–Kier alpha value is -3.88. The summed E-state index contributed by atoms with van der Waals surface area (Å²) in [5, 5.41) is 11.2. The quantitative estimate of drug-likeness (QED) is 0.179. The Morgan fingerprint density at radius 1 is 1.00 bits per heavy atom. The largest absolute Gasteiger partial charge is 0.619 e. The standard InChI is InChI=1S/C28H33N5O4/c1-19-26-27(31-28(29-19)36-16-6-7-21-12-14-32(34)15-13-21)33(20(2)30-26)18-22-10-11-24(35-3)25(17-22)37-23-8-4-5-9-23/h10-15,17,23H,4-9,16,18H2,1-3H3. The fourth-order valence-corrected chi connectivity index (χ4v) is 4.81. The molecule has 0 spiro atoms. The van der Waals surface area contributed by atoms with Gasteiger partial charge in [-0.1, -0.05) is 6.07 Å². The fourth-order valence-electron chi connectivity index (χ4n) is 4.81. The Kier molecular flexibility index (Phi) is 7.39. The molecule has 1 aliphatic carbocycles. The van der Waals surface area contributed by atoms with Crippen LogP contribution in [0.4, 0.5) is 0 Å². The molecule has 4 aromatic rings. The Morgan fingerprint density at radius 2 is 1.78 bits per heavy atom. The number of fused-ring (bicyclic) bond motifs is 1. The molecule has 0 atom stereocenters. The Balaban J connectivity index is 1.32. The van der Waals surface area contributed by atoms with E-state index in [2.05, 4.69) is 21.7 Å². The van der Waals surface area contributed by atoms with E-state index in [9.17, 15) is 5.21 Å². The highest BCUT2D eigenvalue weighted by atomic mass is 16.5. The van der Waals surface area contributed by atoms with Crippen molar-refractivity contribution in [2.75, 3.05) is 13.7 Å². The lowest BCUT2D eigenvalue weighted by atomic mass is 10.1. The summed E-state index contributed by atoms with van der Waals surface area (Å²) in [4.78, 5) is 14.0. The van der Waals surface area contributed by atoms with E-state index >= 15 is 0 Å². The fraction of sp³-hybridized carbons (Fsp3) is 0.429. The smallest absolute Gasteiger partial charge is 0.318 e. The lowest BCUT2D eigenvalue weighted by Crippen LogP contribution is -2.23. The Bertz CT molecular complexity index is 1360. The van der Waals surface area contributed by atoms with Gasteiger partial charge in [0, 0.05) is 12.1 Å². The van der Waals surface area contributed by atoms with E-state index in [-0.39, 0.29) is 6.10 Å². The normalized spacial score (nSPS) is 13.8. The highest BCUT2D eigenvalue weighted by Crippen LogP contribution is 2.33. The summed E-state index contributed by atoms with van der Waals surface area (Å²) >= 11 is 0. The molecule has 1 saturated carbocycles. The van der Waals surface area contributed by atoms with Crippen LogP contribution in [0, 0.1) is 19.1 Å². The zero-order valence-electron chi connectivity index (χ0n) is 21.6. The molecule has 9 nitrogen and oxygen atoms in total. The predicted molar refractivity (Wildman–Crippen MR) is 139 cm³/mol. The number of pyridine rings is 1. The number of aryl methyl sites for hydroxylation is 3. The summed E-state index contributed by atoms with van der Waals surface area (Å²) in [6.45, 7) is 4.98. The van der Waals surface area contributed by atoms with Gasteiger partial charge >= 0.3 is 6.01 Å². The van der Waals surface area contributed by atoms with Crippen LogP contribution in [0.25, 0.3) is 11.2 Å². The first-order valence-corrected chi connectivity index (χ1v) is 12.9. The predicted octanol–water partition coefficient (Wildman–Crippen LogP) is 4.47. The summed E-state index contributed by atoms with van der Waals surface area (Å²) in [6.07, 6.45) is 9.46. The van der Waals surface area contributed by atoms with Crippen molar-refractivity contribution in [1.82, 2.24) is 19.5 Å². The number of rotatable bonds is 10. The van der Waals surface area contributed by atoms with Crippen LogP contribution < -0.4 is 18.9 Å². The molecule has 9 heteroatoms. The van der Waals surface area contributed by atoms with E-state index in [1.54, 1.807) is 7.11 Å². The number of nitrogens with zero attached hydrogens (tertiary/aromatic N) is 5. The molecule has 5 rings (SSSR count). The van der Waals surface area contributed by atoms with Crippen molar-refractivity contribution in [2.24, 2.45) is 0 Å². The monoisotopic (exact) mass is 503 g/mol. The summed E-state index contributed by atoms with van der Waals surface area (Å²) in [5.74, 6) is 2.39. The second-order valence-corrected chi connectivity index (χ2v) is 9.54. The first kappa shape index (κ1) is 24.8. The summed E-state index contributed by atoms with van der Waals surface area (Å²) in [5.41, 5.74) is 4.47. The molecule has 0 radical (unpaired) electrons. The molecule has 0 bridgehead atoms. The number of ether oxygens (including phenoxy) is 3. The van der Waals surface area contributed by atoms with Crippen LogP contribution in [-0.2, 0) is 13.0 Å². The molecule has 1 fully saturated rings. The van der Waals surface area contributed by atoms with Crippen molar-refractivity contribution in [3.8, 4) is 17.5 Å². The summed E-state index contributed by atoms with van der Waals surface area (Å²) in [6, 6.07) is 10.1. The van der Waals surface area contributed by atoms with Gasteiger partial charge in [-0.2, -0.15) is 14.7 Å². The van der Waals surface area contributed by atoms with Crippen LogP contribution in [-0.4, -0.2) is 39.3 Å². The third-order valence-corrected chi connectivity index (χ3v) is 6.82. The molecule has 3 heterocycles. The van der Waals surface area contributed by atoms with Gasteiger partial charge in [0.1, 0.15) is 11.3 Å². The molecule has 3 aromatic heterocycles. The third kappa shape index (κ3) is 5.76. The molecule has 0 unspecified atom stereocenters. The third-order valence-electron chi connectivity index (χ3n) is 6.82. The SMILES string of the molecule is COc1ccc(Cn2c(C)nc3c(C)nc(OCCCc4cc[n+]([O-])cc4)nc32)cc1OC1CCCC1. The number of methoxy groups -OCH3 is 1. The molecule has 0 saturated heterocycles. The molecule has 1 aromatic carbocycles. The van der Waals surface area contributed by atoms with Crippen LogP contribution >= 0.6 is 0 Å². The van der Waals surface area contributed by atoms with Crippen molar-refractivity contribution in [3.05, 3.63) is 70.6 Å². The van der Waals surface area contributed by atoms with Gasteiger partial charge in [-0.25, -0.2) is 4.98 Å². The maximum atomic E-state index is 11.2. The number of aromatic nitrogens is 5. The number of hydrogen-bond donors (Lipinski definition) is 0. The van der Waals surface area contributed by atoms with Gasteiger partial charge in [0.15, 0.2) is 29.5 Å². The van der Waals surface area contributed by atoms with Gasteiger partial charge in [-0.05, 0) is 75.6 Å². The molecule has 0 N–H and O–H groups in total. The lowest BCUT2D eigenvalue weighted by Gasteiger charge is -2.17. The van der Waals surface area contributed by atoms with Crippen molar-refractivity contribution in [2.45, 2.75) is 65.0 Å². The second-order valence-electron chi connectivity index (χ2n) is 9.54. The first-order valence-electron chi connectivity index (χ1n) is 12.9. The summed E-state index contributed by atoms with van der Waals surface area (Å²) < 4.78 is 20.6. The zero-order valence-corrected chi connectivity index (χ0v) is 21.6. The molecule has 0 amide bonds. The van der Waals surface area contributed by atoms with Gasteiger partial charge in [-0.3, -0.25) is 0 Å². The molecule has 194 valence electrons. The van der Waals surface area contributed by atoms with Crippen LogP contribution in [0.2, 0.25) is 0 Å². The highest BCUT2D eigenvalue weighted by Gasteiger charge is 2.20. The molecule has 37 heavy (non-hydrogen) atoms. The van der Waals surface area contributed by atoms with E-state index in [1.807, 2.05) is 32.0 Å². The summed E-state index contributed by atoms with van der Waals surface area (Å²) in [7, 11) is 1.67. The van der Waals surface area contributed by atoms with Gasteiger partial charge in [0.05, 0.1) is 32.1 Å². The molecule has 1 aliphatic rings. The minimum Gasteiger partial charge on any atom is -0.619 e. The van der Waals surface area contributed by atoms with E-state index in [1.165, 1.54) is 25.2 Å². The molecular formula is C28H33N5O4. The zero-order chi connectivity index (χ0) is 25.8. The van der Waals surface area contributed by atoms with Gasteiger partial charge in [-0.15, -0.1) is 0 Å². The van der Waals surface area contributed by atoms with Gasteiger partial charge in [0.2, 0.25) is 0 Å². The number of benzene rings is 1. The maximum absolute atomic E-state index is 11.2. The Morgan fingerprint density at radius 3 is 2.54 bits per heavy atom. The van der Waals surface area contributed by atoms with Crippen LogP contribution in [0.1, 0.15) is 54.7 Å². The van der Waals surface area contributed by atoms with Crippen LogP contribution in [0.3, 0.4) is 0 Å². The lowest BCUT2D eigenvalue weighted by molar-refractivity contribution is -0.605. The van der Waals surface area contributed by atoms with Crippen LogP contribution in [0.5, 0.6) is 17.5 Å². The number of imidazole rings is 1. The topological polar surface area (TPSA) is 98.2 Å². The van der Waals surface area contributed by atoms with Crippen molar-refractivity contribution in [3.63, 3.8) is 0 Å². The highest BCUT2D eigenvalue weighted by molar-refractivity contribution is 5.74. The van der Waals surface area contributed by atoms with E-state index in [0.29, 0.717) is 19.2 Å². The molecule has 0 aliphatic heterocycles. The van der Waals surface area contributed by atoms with Crippen molar-refractivity contribution >= 4 is 11.2 Å². The van der Waals surface area contributed by atoms with E-state index in [4.69, 9.17) is 24.2 Å². The average Bonchev–Trinajstić information content (AvgIpc) is 3.51. The van der Waals surface area contributed by atoms with Crippen molar-refractivity contribution < 1.29 is 18.9 Å². The number of hydrogen-bond acceptors (Lipinski definition) is 7. The van der Waals surface area contributed by atoms with E-state index < -0.39 is 0 Å². The minimum atomic E-state index is 0.250. The van der Waals surface area contributed by atoms with Gasteiger partial charge in [0.25, 0.3) is 0 Å². The van der Waals surface area contributed by atoms with Crippen molar-refractivity contribution in [1.29, 1.82) is 0 Å². The molecular weight excluding hydrogens is 470 g/mol. The second kappa shape index (κ2) is 11.0. The maximum Gasteiger partial charge on any atom is 0.318 e. The van der Waals surface area contributed by atoms with Gasteiger partial charge < -0.3 is 24.0 Å². The average molecular weight is 504 g/mol.